The van der Waals surface area contributed by atoms with Gasteiger partial charge >= 0.3 is 0 Å². The van der Waals surface area contributed by atoms with Gasteiger partial charge in [-0.05, 0) is 107 Å². The molecule has 2 saturated carbocycles. The molecule has 0 aromatic heterocycles. The van der Waals surface area contributed by atoms with E-state index in [1.165, 1.54) is 110 Å². The van der Waals surface area contributed by atoms with Gasteiger partial charge < -0.3 is 5.32 Å². The lowest BCUT2D eigenvalue weighted by atomic mass is 9.50. The fourth-order valence-electron chi connectivity index (χ4n) is 10.2. The van der Waals surface area contributed by atoms with Crippen LogP contribution in [0.4, 0.5) is 5.69 Å². The van der Waals surface area contributed by atoms with E-state index in [1.54, 1.807) is 5.56 Å². The SMILES string of the molecule is CCC[C@@]1(Cc2ccccc2)CCCCC1(C)c1cc(-c2ccc3c(c2)[C@]2(C)CCCCC2(c2ccccc2)N3)ccc1C. The van der Waals surface area contributed by atoms with Crippen molar-refractivity contribution >= 4 is 5.69 Å². The molecule has 44 heavy (non-hydrogen) atoms. The van der Waals surface area contributed by atoms with Crippen molar-refractivity contribution in [2.45, 2.75) is 115 Å². The second-order valence-electron chi connectivity index (χ2n) is 15.0. The highest BCUT2D eigenvalue weighted by Gasteiger charge is 2.56. The van der Waals surface area contributed by atoms with Crippen LogP contribution in [-0.4, -0.2) is 0 Å². The summed E-state index contributed by atoms with van der Waals surface area (Å²) in [7, 11) is 0. The van der Waals surface area contributed by atoms with E-state index in [9.17, 15) is 0 Å². The summed E-state index contributed by atoms with van der Waals surface area (Å²) in [5.74, 6) is 0. The predicted octanol–water partition coefficient (Wildman–Crippen LogP) is 11.7. The largest absolute Gasteiger partial charge is 0.374 e. The fourth-order valence-corrected chi connectivity index (χ4v) is 10.2. The fraction of sp³-hybridized carbons (Fsp3) is 0.442. The Hall–Kier alpha value is -3.32. The van der Waals surface area contributed by atoms with Crippen molar-refractivity contribution in [3.8, 4) is 11.1 Å². The van der Waals surface area contributed by atoms with Crippen LogP contribution in [-0.2, 0) is 22.8 Å². The second kappa shape index (κ2) is 11.2. The molecule has 4 atom stereocenters. The van der Waals surface area contributed by atoms with Gasteiger partial charge in [-0.1, -0.05) is 138 Å². The smallest absolute Gasteiger partial charge is 0.0719 e. The molecule has 4 aromatic carbocycles. The first-order valence-corrected chi connectivity index (χ1v) is 17.5. The molecule has 3 aliphatic rings. The van der Waals surface area contributed by atoms with Crippen LogP contribution >= 0.6 is 0 Å². The molecule has 0 saturated heterocycles. The summed E-state index contributed by atoms with van der Waals surface area (Å²) < 4.78 is 0. The van der Waals surface area contributed by atoms with Crippen molar-refractivity contribution in [3.63, 3.8) is 0 Å². The Balaban J connectivity index is 1.31. The Labute approximate surface area is 266 Å². The molecular formula is C43H51N. The lowest BCUT2D eigenvalue weighted by Crippen LogP contribution is -2.50. The Kier molecular flexibility index (Phi) is 7.51. The molecule has 1 heterocycles. The normalized spacial score (nSPS) is 29.5. The molecule has 1 nitrogen and oxygen atoms in total. The van der Waals surface area contributed by atoms with Crippen molar-refractivity contribution in [2.24, 2.45) is 5.41 Å². The molecule has 0 bridgehead atoms. The zero-order valence-corrected chi connectivity index (χ0v) is 27.5. The molecule has 2 aliphatic carbocycles. The first-order valence-electron chi connectivity index (χ1n) is 17.5. The highest BCUT2D eigenvalue weighted by Crippen LogP contribution is 2.61. The maximum absolute atomic E-state index is 4.11. The van der Waals surface area contributed by atoms with Crippen LogP contribution in [0.3, 0.4) is 0 Å². The highest BCUT2D eigenvalue weighted by molar-refractivity contribution is 5.75. The van der Waals surface area contributed by atoms with Crippen LogP contribution in [0.1, 0.15) is 113 Å². The molecule has 7 rings (SSSR count). The van der Waals surface area contributed by atoms with Crippen molar-refractivity contribution in [2.75, 3.05) is 5.32 Å². The molecule has 2 fully saturated rings. The van der Waals surface area contributed by atoms with Gasteiger partial charge in [-0.25, -0.2) is 0 Å². The average molecular weight is 582 g/mol. The van der Waals surface area contributed by atoms with Crippen LogP contribution in [0.25, 0.3) is 11.1 Å². The zero-order valence-electron chi connectivity index (χ0n) is 27.5. The predicted molar refractivity (Wildman–Crippen MR) is 187 cm³/mol. The minimum absolute atomic E-state index is 0.0291. The topological polar surface area (TPSA) is 12.0 Å². The number of anilines is 1. The highest BCUT2D eigenvalue weighted by atomic mass is 15.1. The second-order valence-corrected chi connectivity index (χ2v) is 15.0. The van der Waals surface area contributed by atoms with Crippen molar-refractivity contribution in [1.29, 1.82) is 0 Å². The quantitative estimate of drug-likeness (QED) is 0.229. The Morgan fingerprint density at radius 1 is 0.636 bits per heavy atom. The van der Waals surface area contributed by atoms with E-state index >= 15 is 0 Å². The minimum atomic E-state index is -0.0291. The van der Waals surface area contributed by atoms with E-state index in [2.05, 4.69) is 130 Å². The van der Waals surface area contributed by atoms with Gasteiger partial charge in [0, 0.05) is 11.1 Å². The van der Waals surface area contributed by atoms with Gasteiger partial charge in [0.1, 0.15) is 0 Å². The van der Waals surface area contributed by atoms with Crippen LogP contribution in [0.2, 0.25) is 0 Å². The van der Waals surface area contributed by atoms with Gasteiger partial charge in [0.2, 0.25) is 0 Å². The number of hydrogen-bond acceptors (Lipinski definition) is 1. The lowest BCUT2D eigenvalue weighted by molar-refractivity contribution is 0.0558. The Bertz CT molecular complexity index is 1620. The van der Waals surface area contributed by atoms with Crippen LogP contribution in [0.5, 0.6) is 0 Å². The van der Waals surface area contributed by atoms with Crippen LogP contribution < -0.4 is 5.32 Å². The van der Waals surface area contributed by atoms with Gasteiger partial charge in [0.25, 0.3) is 0 Å². The van der Waals surface area contributed by atoms with E-state index < -0.39 is 0 Å². The summed E-state index contributed by atoms with van der Waals surface area (Å²) in [5.41, 5.74) is 12.0. The standard InChI is InChI=1S/C43H51N/c1-5-24-42(31-33-16-8-6-9-17-33)27-14-12-25-40(42,3)37-29-34(21-20-32(37)2)35-22-23-39-38(30-35)41(4)26-13-15-28-43(41,44-39)36-18-10-7-11-19-36/h6-11,16-23,29-30,44H,5,12-15,24-28,31H2,1-4H3/t40?,41-,42-,43?/m0/s1. The first kappa shape index (κ1) is 29.4. The zero-order chi connectivity index (χ0) is 30.4. The third kappa shape index (κ3) is 4.48. The first-order chi connectivity index (χ1) is 21.3. The number of benzene rings is 4. The molecular weight excluding hydrogens is 530 g/mol. The molecule has 228 valence electrons. The van der Waals surface area contributed by atoms with E-state index in [0.717, 1.165) is 0 Å². The number of hydrogen-bond donors (Lipinski definition) is 1. The summed E-state index contributed by atoms with van der Waals surface area (Å²) in [6.45, 7) is 9.92. The number of aryl methyl sites for hydroxylation is 1. The van der Waals surface area contributed by atoms with Crippen molar-refractivity contribution in [3.05, 3.63) is 125 Å². The number of rotatable bonds is 7. The molecule has 1 aliphatic heterocycles. The van der Waals surface area contributed by atoms with Crippen LogP contribution in [0.15, 0.2) is 97.1 Å². The molecule has 1 N–H and O–H groups in total. The monoisotopic (exact) mass is 581 g/mol. The number of nitrogens with one attached hydrogen (secondary N) is 1. The van der Waals surface area contributed by atoms with Gasteiger partial charge in [0.15, 0.2) is 0 Å². The summed E-state index contributed by atoms with van der Waals surface area (Å²) >= 11 is 0. The lowest BCUT2D eigenvalue weighted by Gasteiger charge is -2.54. The van der Waals surface area contributed by atoms with Gasteiger partial charge in [-0.15, -0.1) is 0 Å². The molecule has 0 amide bonds. The third-order valence-electron chi connectivity index (χ3n) is 12.7. The van der Waals surface area contributed by atoms with E-state index in [4.69, 9.17) is 0 Å². The molecule has 1 heteroatoms. The van der Waals surface area contributed by atoms with Crippen molar-refractivity contribution < 1.29 is 0 Å². The van der Waals surface area contributed by atoms with Gasteiger partial charge in [-0.2, -0.15) is 0 Å². The molecule has 0 radical (unpaired) electrons. The summed E-state index contributed by atoms with van der Waals surface area (Å²) in [4.78, 5) is 0. The average Bonchev–Trinajstić information content (AvgIpc) is 3.32. The number of fused-ring (bicyclic) bond motifs is 3. The molecule has 0 spiro atoms. The van der Waals surface area contributed by atoms with Gasteiger partial charge in [-0.3, -0.25) is 0 Å². The minimum Gasteiger partial charge on any atom is -0.374 e. The Morgan fingerprint density at radius 2 is 1.25 bits per heavy atom. The summed E-state index contributed by atoms with van der Waals surface area (Å²) in [5, 5.41) is 4.11. The maximum atomic E-state index is 4.11. The summed E-state index contributed by atoms with van der Waals surface area (Å²) in [6.07, 6.45) is 13.9. The van der Waals surface area contributed by atoms with E-state index in [0.29, 0.717) is 0 Å². The van der Waals surface area contributed by atoms with Crippen molar-refractivity contribution in [1.82, 2.24) is 0 Å². The summed E-state index contributed by atoms with van der Waals surface area (Å²) in [6, 6.07) is 37.3. The van der Waals surface area contributed by atoms with Gasteiger partial charge in [0.05, 0.1) is 5.54 Å². The third-order valence-corrected chi connectivity index (χ3v) is 12.7. The molecule has 2 unspecified atom stereocenters. The van der Waals surface area contributed by atoms with E-state index in [1.807, 2.05) is 0 Å². The molecule has 4 aromatic rings. The van der Waals surface area contributed by atoms with Crippen LogP contribution in [0, 0.1) is 12.3 Å². The van der Waals surface area contributed by atoms with E-state index in [-0.39, 0.29) is 21.8 Å². The maximum Gasteiger partial charge on any atom is 0.0719 e. The Morgan fingerprint density at radius 3 is 1.98 bits per heavy atom.